The zero-order valence-electron chi connectivity index (χ0n) is 10.5. The molecular weight excluding hydrogens is 296 g/mol. The van der Waals surface area contributed by atoms with E-state index in [4.69, 9.17) is 0 Å². The highest BCUT2D eigenvalue weighted by Crippen LogP contribution is 2.32. The first-order valence-corrected chi connectivity index (χ1v) is 8.67. The van der Waals surface area contributed by atoms with Crippen LogP contribution in [0.1, 0.15) is 25.8 Å². The van der Waals surface area contributed by atoms with Crippen LogP contribution in [0.15, 0.2) is 30.5 Å². The number of carbonyl (C=O) groups excluding carboxylic acids is 1. The number of pyridine rings is 1. The predicted octanol–water partition coefficient (Wildman–Crippen LogP) is 1.50. The Balaban J connectivity index is 1.68. The van der Waals surface area contributed by atoms with E-state index in [0.29, 0.717) is 11.4 Å². The Bertz CT molecular complexity index is 722. The van der Waals surface area contributed by atoms with Crippen LogP contribution in [0, 0.1) is 0 Å². The summed E-state index contributed by atoms with van der Waals surface area (Å²) in [4.78, 5) is 17.5. The minimum atomic E-state index is -2.99. The number of hydrogen-bond acceptors (Lipinski definition) is 5. The first-order chi connectivity index (χ1) is 9.53. The molecule has 104 valence electrons. The van der Waals surface area contributed by atoms with Crippen LogP contribution in [0.5, 0.6) is 0 Å². The van der Waals surface area contributed by atoms with Gasteiger partial charge in [-0.15, -0.1) is 11.3 Å². The van der Waals surface area contributed by atoms with Gasteiger partial charge in [0.25, 0.3) is 5.91 Å². The van der Waals surface area contributed by atoms with Gasteiger partial charge in [0.1, 0.15) is 0 Å². The molecule has 0 aliphatic carbocycles. The summed E-state index contributed by atoms with van der Waals surface area (Å²) in [5.41, 5.74) is 1.55. The second-order valence-corrected chi connectivity index (χ2v) is 7.80. The van der Waals surface area contributed by atoms with Crippen LogP contribution in [0.3, 0.4) is 0 Å². The Morgan fingerprint density at radius 1 is 1.35 bits per heavy atom. The van der Waals surface area contributed by atoms with E-state index >= 15 is 0 Å². The summed E-state index contributed by atoms with van der Waals surface area (Å²) in [7, 11) is -2.99. The summed E-state index contributed by atoms with van der Waals surface area (Å²) in [6.07, 6.45) is 1.67. The number of hydrogen-bond donors (Lipinski definition) is 1. The predicted molar refractivity (Wildman–Crippen MR) is 76.1 cm³/mol. The van der Waals surface area contributed by atoms with Gasteiger partial charge in [-0.05, 0) is 23.8 Å². The maximum Gasteiger partial charge on any atom is 0.261 e. The summed E-state index contributed by atoms with van der Waals surface area (Å²) in [5.74, 6) is -0.0835. The lowest BCUT2D eigenvalue weighted by atomic mass is 10.3. The summed E-state index contributed by atoms with van der Waals surface area (Å²) in [6, 6.07) is 7.19. The van der Waals surface area contributed by atoms with Crippen molar-refractivity contribution < 1.29 is 13.2 Å². The molecule has 1 aliphatic rings. The topological polar surface area (TPSA) is 76.1 Å². The maximum atomic E-state index is 12.0. The average molecular weight is 308 g/mol. The highest BCUT2D eigenvalue weighted by atomic mass is 32.2. The highest BCUT2D eigenvalue weighted by Gasteiger charge is 2.28. The molecule has 0 spiro atoms. The molecule has 0 radical (unpaired) electrons. The van der Waals surface area contributed by atoms with Gasteiger partial charge >= 0.3 is 0 Å². The molecule has 0 atom stereocenters. The van der Waals surface area contributed by atoms with Crippen LogP contribution >= 0.6 is 11.3 Å². The van der Waals surface area contributed by atoms with E-state index in [-0.39, 0.29) is 17.4 Å². The fourth-order valence-electron chi connectivity index (χ4n) is 2.07. The molecular formula is C13H12N2O3S2. The van der Waals surface area contributed by atoms with Gasteiger partial charge < -0.3 is 5.32 Å². The van der Waals surface area contributed by atoms with E-state index in [9.17, 15) is 13.2 Å². The summed E-state index contributed by atoms with van der Waals surface area (Å²) < 4.78 is 22.9. The second-order valence-electron chi connectivity index (χ2n) is 4.60. The lowest BCUT2D eigenvalue weighted by molar-refractivity contribution is 0.0954. The Morgan fingerprint density at radius 3 is 2.90 bits per heavy atom. The summed E-state index contributed by atoms with van der Waals surface area (Å²) in [6.45, 7) is 0.362. The zero-order valence-corrected chi connectivity index (χ0v) is 12.1. The molecule has 0 bridgehead atoms. The van der Waals surface area contributed by atoms with Gasteiger partial charge in [0.2, 0.25) is 0 Å². The number of nitrogens with one attached hydrogen (secondary N) is 1. The molecule has 2 aromatic heterocycles. The molecule has 0 aromatic carbocycles. The Kier molecular flexibility index (Phi) is 3.31. The van der Waals surface area contributed by atoms with Crippen LogP contribution in [0.25, 0.3) is 0 Å². The van der Waals surface area contributed by atoms with Crippen molar-refractivity contribution in [1.29, 1.82) is 0 Å². The van der Waals surface area contributed by atoms with Crippen molar-refractivity contribution in [3.63, 3.8) is 0 Å². The quantitative estimate of drug-likeness (QED) is 0.932. The molecule has 3 rings (SSSR count). The van der Waals surface area contributed by atoms with Crippen molar-refractivity contribution in [2.45, 2.75) is 18.1 Å². The molecule has 0 unspecified atom stereocenters. The molecule has 1 aliphatic heterocycles. The van der Waals surface area contributed by atoms with Gasteiger partial charge in [-0.25, -0.2) is 8.42 Å². The minimum absolute atomic E-state index is 0.0480. The minimum Gasteiger partial charge on any atom is -0.346 e. The SMILES string of the molecule is O=C(NCc1ccccn1)c1cc2c(s1)CS(=O)(=O)C2. The largest absolute Gasteiger partial charge is 0.346 e. The number of carbonyl (C=O) groups is 1. The molecule has 0 saturated carbocycles. The number of thiophene rings is 1. The molecule has 20 heavy (non-hydrogen) atoms. The Labute approximate surface area is 120 Å². The second kappa shape index (κ2) is 4.99. The number of rotatable bonds is 3. The van der Waals surface area contributed by atoms with Crippen molar-refractivity contribution >= 4 is 27.1 Å². The lowest BCUT2D eigenvalue weighted by Gasteiger charge is -2.02. The van der Waals surface area contributed by atoms with E-state index in [1.807, 2.05) is 18.2 Å². The Morgan fingerprint density at radius 2 is 2.20 bits per heavy atom. The van der Waals surface area contributed by atoms with Crippen molar-refractivity contribution in [3.8, 4) is 0 Å². The summed E-state index contributed by atoms with van der Waals surface area (Å²) in [5, 5.41) is 2.78. The van der Waals surface area contributed by atoms with Crippen LogP contribution in [0.2, 0.25) is 0 Å². The third-order valence-corrected chi connectivity index (χ3v) is 5.84. The summed E-state index contributed by atoms with van der Waals surface area (Å²) >= 11 is 1.26. The third-order valence-electron chi connectivity index (χ3n) is 3.00. The highest BCUT2D eigenvalue weighted by molar-refractivity contribution is 7.90. The number of sulfone groups is 1. The smallest absolute Gasteiger partial charge is 0.261 e. The van der Waals surface area contributed by atoms with E-state index < -0.39 is 9.84 Å². The molecule has 3 heterocycles. The molecule has 1 N–H and O–H groups in total. The van der Waals surface area contributed by atoms with Gasteiger partial charge in [0.15, 0.2) is 9.84 Å². The standard InChI is InChI=1S/C13H12N2O3S2/c16-13(15-6-10-3-1-2-4-14-10)11-5-9-7-20(17,18)8-12(9)19-11/h1-5H,6-8H2,(H,15,16). The monoisotopic (exact) mass is 308 g/mol. The van der Waals surface area contributed by atoms with Crippen LogP contribution < -0.4 is 5.32 Å². The molecule has 0 fully saturated rings. The fraction of sp³-hybridized carbons (Fsp3) is 0.231. The Hall–Kier alpha value is -1.73. The molecule has 5 nitrogen and oxygen atoms in total. The molecule has 2 aromatic rings. The zero-order chi connectivity index (χ0) is 14.2. The normalized spacial score (nSPS) is 15.8. The fourth-order valence-corrected chi connectivity index (χ4v) is 5.25. The van der Waals surface area contributed by atoms with Gasteiger partial charge in [-0.3, -0.25) is 9.78 Å². The van der Waals surface area contributed by atoms with E-state index in [0.717, 1.165) is 16.1 Å². The number of aromatic nitrogens is 1. The van der Waals surface area contributed by atoms with E-state index in [1.54, 1.807) is 12.3 Å². The van der Waals surface area contributed by atoms with Crippen molar-refractivity contribution in [3.05, 3.63) is 51.5 Å². The van der Waals surface area contributed by atoms with Gasteiger partial charge in [-0.1, -0.05) is 6.07 Å². The number of fused-ring (bicyclic) bond motifs is 1. The van der Waals surface area contributed by atoms with Gasteiger partial charge in [-0.2, -0.15) is 0 Å². The van der Waals surface area contributed by atoms with E-state index in [2.05, 4.69) is 10.3 Å². The van der Waals surface area contributed by atoms with Crippen LogP contribution in [0.4, 0.5) is 0 Å². The molecule has 7 heteroatoms. The molecule has 1 amide bonds. The van der Waals surface area contributed by atoms with Crippen LogP contribution in [-0.4, -0.2) is 19.3 Å². The van der Waals surface area contributed by atoms with Gasteiger partial charge in [0, 0.05) is 11.1 Å². The first kappa shape index (κ1) is 13.3. The van der Waals surface area contributed by atoms with Crippen molar-refractivity contribution in [1.82, 2.24) is 10.3 Å². The van der Waals surface area contributed by atoms with Crippen molar-refractivity contribution in [2.24, 2.45) is 0 Å². The van der Waals surface area contributed by atoms with E-state index in [1.165, 1.54) is 11.3 Å². The lowest BCUT2D eigenvalue weighted by Crippen LogP contribution is -2.22. The van der Waals surface area contributed by atoms with Gasteiger partial charge in [0.05, 0.1) is 28.6 Å². The number of amides is 1. The molecule has 0 saturated heterocycles. The maximum absolute atomic E-state index is 12.0. The third kappa shape index (κ3) is 2.73. The van der Waals surface area contributed by atoms with Crippen LogP contribution in [-0.2, 0) is 27.9 Å². The van der Waals surface area contributed by atoms with Crippen molar-refractivity contribution in [2.75, 3.05) is 0 Å². The first-order valence-electron chi connectivity index (χ1n) is 6.04. The number of nitrogens with zero attached hydrogens (tertiary/aromatic N) is 1. The average Bonchev–Trinajstić information content (AvgIpc) is 2.90.